The van der Waals surface area contributed by atoms with E-state index in [2.05, 4.69) is 24.1 Å². The predicted octanol–water partition coefficient (Wildman–Crippen LogP) is 2.17. The van der Waals surface area contributed by atoms with Gasteiger partial charge in [0.15, 0.2) is 0 Å². The van der Waals surface area contributed by atoms with Crippen LogP contribution in [-0.2, 0) is 4.79 Å². The lowest BCUT2D eigenvalue weighted by atomic mass is 10.0. The van der Waals surface area contributed by atoms with Crippen LogP contribution in [0.15, 0.2) is 0 Å². The first kappa shape index (κ1) is 12.9. The zero-order valence-electron chi connectivity index (χ0n) is 11.2. The number of carbonyl (C=O) groups excluding carboxylic acids is 1. The summed E-state index contributed by atoms with van der Waals surface area (Å²) < 4.78 is 0. The van der Waals surface area contributed by atoms with Gasteiger partial charge in [0.25, 0.3) is 0 Å². The summed E-state index contributed by atoms with van der Waals surface area (Å²) in [7, 11) is 0. The van der Waals surface area contributed by atoms with Crippen molar-refractivity contribution in [2.45, 2.75) is 64.5 Å². The summed E-state index contributed by atoms with van der Waals surface area (Å²) in [6, 6.07) is 0.668. The average molecular weight is 238 g/mol. The predicted molar refractivity (Wildman–Crippen MR) is 69.8 cm³/mol. The maximum Gasteiger partial charge on any atom is 0.239 e. The normalized spacial score (nSPS) is 25.0. The Bertz CT molecular complexity index is 255. The highest BCUT2D eigenvalue weighted by Crippen LogP contribution is 2.28. The van der Waals surface area contributed by atoms with Gasteiger partial charge in [-0.2, -0.15) is 0 Å². The largest absolute Gasteiger partial charge is 0.338 e. The van der Waals surface area contributed by atoms with Crippen molar-refractivity contribution in [3.05, 3.63) is 0 Å². The third kappa shape index (κ3) is 3.70. The van der Waals surface area contributed by atoms with Crippen molar-refractivity contribution in [3.63, 3.8) is 0 Å². The molecule has 1 N–H and O–H groups in total. The number of hydrogen-bond acceptors (Lipinski definition) is 2. The fourth-order valence-electron chi connectivity index (χ4n) is 2.52. The fraction of sp³-hybridized carbons (Fsp3) is 0.929. The SMILES string of the molecule is CC(C)CCN(C(=O)[C@H]1CCCCN1)C1CC1. The molecule has 0 radical (unpaired) electrons. The Morgan fingerprint density at radius 3 is 2.59 bits per heavy atom. The molecule has 3 nitrogen and oxygen atoms in total. The van der Waals surface area contributed by atoms with Gasteiger partial charge < -0.3 is 10.2 Å². The van der Waals surface area contributed by atoms with E-state index in [9.17, 15) is 4.79 Å². The highest BCUT2D eigenvalue weighted by Gasteiger charge is 2.35. The Kier molecular flexibility index (Phi) is 4.43. The second kappa shape index (κ2) is 5.85. The molecule has 0 aromatic rings. The monoisotopic (exact) mass is 238 g/mol. The minimum Gasteiger partial charge on any atom is -0.338 e. The lowest BCUT2D eigenvalue weighted by Crippen LogP contribution is -2.49. The van der Waals surface area contributed by atoms with E-state index in [0.29, 0.717) is 17.9 Å². The van der Waals surface area contributed by atoms with Gasteiger partial charge in [-0.3, -0.25) is 4.79 Å². The molecule has 1 saturated carbocycles. The molecule has 0 aromatic carbocycles. The lowest BCUT2D eigenvalue weighted by Gasteiger charge is -2.30. The summed E-state index contributed by atoms with van der Waals surface area (Å²) in [6.45, 7) is 6.43. The molecule has 0 spiro atoms. The molecule has 17 heavy (non-hydrogen) atoms. The van der Waals surface area contributed by atoms with E-state index in [1.807, 2.05) is 0 Å². The third-order valence-electron chi connectivity index (χ3n) is 3.83. The Hall–Kier alpha value is -0.570. The van der Waals surface area contributed by atoms with Gasteiger partial charge in [-0.05, 0) is 44.6 Å². The van der Waals surface area contributed by atoms with Gasteiger partial charge in [0.1, 0.15) is 0 Å². The molecule has 2 rings (SSSR count). The van der Waals surface area contributed by atoms with Gasteiger partial charge in [-0.1, -0.05) is 20.3 Å². The molecule has 1 aliphatic carbocycles. The van der Waals surface area contributed by atoms with E-state index in [1.165, 1.54) is 25.7 Å². The first-order valence-corrected chi connectivity index (χ1v) is 7.22. The first-order chi connectivity index (χ1) is 8.18. The number of carbonyl (C=O) groups is 1. The molecular formula is C14H26N2O. The molecule has 0 bridgehead atoms. The second-order valence-electron chi connectivity index (χ2n) is 5.95. The van der Waals surface area contributed by atoms with E-state index >= 15 is 0 Å². The molecule has 1 amide bonds. The van der Waals surface area contributed by atoms with Crippen LogP contribution in [0.2, 0.25) is 0 Å². The summed E-state index contributed by atoms with van der Waals surface area (Å²) in [5.41, 5.74) is 0. The summed E-state index contributed by atoms with van der Waals surface area (Å²) in [6.07, 6.45) is 7.02. The van der Waals surface area contributed by atoms with Gasteiger partial charge in [0, 0.05) is 12.6 Å². The summed E-state index contributed by atoms with van der Waals surface area (Å²) >= 11 is 0. The number of piperidine rings is 1. The van der Waals surface area contributed by atoms with Crippen LogP contribution in [0.1, 0.15) is 52.4 Å². The third-order valence-corrected chi connectivity index (χ3v) is 3.83. The van der Waals surface area contributed by atoms with Crippen LogP contribution in [0.3, 0.4) is 0 Å². The second-order valence-corrected chi connectivity index (χ2v) is 5.95. The van der Waals surface area contributed by atoms with Crippen molar-refractivity contribution in [3.8, 4) is 0 Å². The molecule has 0 aromatic heterocycles. The van der Waals surface area contributed by atoms with Crippen LogP contribution in [0, 0.1) is 5.92 Å². The number of amides is 1. The van der Waals surface area contributed by atoms with Crippen molar-refractivity contribution in [1.82, 2.24) is 10.2 Å². The average Bonchev–Trinajstić information content (AvgIpc) is 3.14. The molecular weight excluding hydrogens is 212 g/mol. The number of nitrogens with zero attached hydrogens (tertiary/aromatic N) is 1. The van der Waals surface area contributed by atoms with Crippen LogP contribution >= 0.6 is 0 Å². The van der Waals surface area contributed by atoms with E-state index in [-0.39, 0.29) is 6.04 Å². The maximum absolute atomic E-state index is 12.5. The summed E-state index contributed by atoms with van der Waals surface area (Å²) in [5, 5.41) is 3.38. The quantitative estimate of drug-likeness (QED) is 0.796. The molecule has 1 saturated heterocycles. The van der Waals surface area contributed by atoms with Gasteiger partial charge in [-0.15, -0.1) is 0 Å². The standard InChI is InChI=1S/C14H26N2O/c1-11(2)8-10-16(12-6-7-12)14(17)13-5-3-4-9-15-13/h11-13,15H,3-10H2,1-2H3/t13-/m1/s1. The van der Waals surface area contributed by atoms with Gasteiger partial charge >= 0.3 is 0 Å². The molecule has 0 unspecified atom stereocenters. The molecule has 2 fully saturated rings. The Morgan fingerprint density at radius 1 is 1.29 bits per heavy atom. The van der Waals surface area contributed by atoms with Crippen molar-refractivity contribution >= 4 is 5.91 Å². The smallest absolute Gasteiger partial charge is 0.239 e. The van der Waals surface area contributed by atoms with Crippen molar-refractivity contribution in [2.75, 3.05) is 13.1 Å². The van der Waals surface area contributed by atoms with E-state index in [4.69, 9.17) is 0 Å². The molecule has 1 heterocycles. The van der Waals surface area contributed by atoms with Gasteiger partial charge in [0.05, 0.1) is 6.04 Å². The van der Waals surface area contributed by atoms with Crippen LogP contribution in [0.4, 0.5) is 0 Å². The van der Waals surface area contributed by atoms with Gasteiger partial charge in [0.2, 0.25) is 5.91 Å². The first-order valence-electron chi connectivity index (χ1n) is 7.22. The van der Waals surface area contributed by atoms with E-state index in [1.54, 1.807) is 0 Å². The number of hydrogen-bond donors (Lipinski definition) is 1. The molecule has 1 atom stereocenters. The highest BCUT2D eigenvalue weighted by molar-refractivity contribution is 5.82. The fourth-order valence-corrected chi connectivity index (χ4v) is 2.52. The van der Waals surface area contributed by atoms with E-state index in [0.717, 1.165) is 25.9 Å². The number of nitrogens with one attached hydrogen (secondary N) is 1. The van der Waals surface area contributed by atoms with Crippen LogP contribution in [0.5, 0.6) is 0 Å². The molecule has 2 aliphatic rings. The molecule has 98 valence electrons. The van der Waals surface area contributed by atoms with Gasteiger partial charge in [-0.25, -0.2) is 0 Å². The van der Waals surface area contributed by atoms with Crippen molar-refractivity contribution in [1.29, 1.82) is 0 Å². The highest BCUT2D eigenvalue weighted by atomic mass is 16.2. The molecule has 3 heteroatoms. The lowest BCUT2D eigenvalue weighted by molar-refractivity contribution is -0.134. The Morgan fingerprint density at radius 2 is 2.06 bits per heavy atom. The van der Waals surface area contributed by atoms with Crippen molar-refractivity contribution < 1.29 is 4.79 Å². The van der Waals surface area contributed by atoms with Crippen LogP contribution in [0.25, 0.3) is 0 Å². The summed E-state index contributed by atoms with van der Waals surface area (Å²) in [5.74, 6) is 1.05. The van der Waals surface area contributed by atoms with Crippen LogP contribution < -0.4 is 5.32 Å². The number of rotatable bonds is 5. The maximum atomic E-state index is 12.5. The van der Waals surface area contributed by atoms with Crippen LogP contribution in [-0.4, -0.2) is 36.0 Å². The Labute approximate surface area is 105 Å². The Balaban J connectivity index is 1.87. The molecule has 1 aliphatic heterocycles. The zero-order chi connectivity index (χ0) is 12.3. The van der Waals surface area contributed by atoms with Crippen molar-refractivity contribution in [2.24, 2.45) is 5.92 Å². The zero-order valence-corrected chi connectivity index (χ0v) is 11.2. The minimum atomic E-state index is 0.108. The summed E-state index contributed by atoms with van der Waals surface area (Å²) in [4.78, 5) is 14.6. The minimum absolute atomic E-state index is 0.108. The van der Waals surface area contributed by atoms with E-state index < -0.39 is 0 Å². The topological polar surface area (TPSA) is 32.3 Å².